The highest BCUT2D eigenvalue weighted by atomic mass is 31.2. The molecular weight excluding hydrogens is 326 g/mol. The lowest BCUT2D eigenvalue weighted by molar-refractivity contribution is 0.201. The first-order valence-corrected chi connectivity index (χ1v) is 11.3. The van der Waals surface area contributed by atoms with Crippen LogP contribution in [0.4, 0.5) is 0 Å². The molecule has 8 heteroatoms. The molecule has 0 fully saturated rings. The molecule has 0 aromatic rings. The fraction of sp³-hybridized carbons (Fsp3) is 1.00. The van der Waals surface area contributed by atoms with E-state index in [0.29, 0.717) is 26.0 Å². The zero-order chi connectivity index (χ0) is 16.7. The molecule has 0 spiro atoms. The van der Waals surface area contributed by atoms with E-state index in [9.17, 15) is 9.13 Å². The van der Waals surface area contributed by atoms with Gasteiger partial charge in [-0.1, -0.05) is 39.5 Å². The highest BCUT2D eigenvalue weighted by molar-refractivity contribution is 7.53. The molecule has 6 nitrogen and oxygen atoms in total. The molecule has 1 N–H and O–H groups in total. The second-order valence-electron chi connectivity index (χ2n) is 5.24. The van der Waals surface area contributed by atoms with Crippen molar-refractivity contribution in [3.05, 3.63) is 0 Å². The normalized spacial score (nSPS) is 15.6. The van der Waals surface area contributed by atoms with Crippen LogP contribution in [0, 0.1) is 0 Å². The van der Waals surface area contributed by atoms with Gasteiger partial charge in [0.15, 0.2) is 0 Å². The lowest BCUT2D eigenvalue weighted by atomic mass is 10.2. The molecule has 0 aliphatic heterocycles. The standard InChI is InChI=1S/C14H32O6P2/c1-3-5-13-20-22(17,19-11-4-2)14-10-8-6-7-9-12-18-21(15)16/h21H,3-14H2,1-2H3,(H,15,16). The van der Waals surface area contributed by atoms with Gasteiger partial charge in [0.1, 0.15) is 0 Å². The minimum absolute atomic E-state index is 0.326. The largest absolute Gasteiger partial charge is 0.330 e. The zero-order valence-corrected chi connectivity index (χ0v) is 15.8. The summed E-state index contributed by atoms with van der Waals surface area (Å²) in [5, 5.41) is 0. The summed E-state index contributed by atoms with van der Waals surface area (Å²) in [4.78, 5) is 8.51. The minimum atomic E-state index is -2.93. The molecule has 0 aromatic heterocycles. The summed E-state index contributed by atoms with van der Waals surface area (Å²) in [6, 6.07) is 0. The SMILES string of the molecule is CCCCOP(=O)(CCCCCCCO[PH](=O)O)OCCC. The van der Waals surface area contributed by atoms with Crippen molar-refractivity contribution in [2.45, 2.75) is 65.2 Å². The van der Waals surface area contributed by atoms with Crippen molar-refractivity contribution in [2.75, 3.05) is 26.0 Å². The maximum atomic E-state index is 12.5. The Morgan fingerprint density at radius 3 is 2.14 bits per heavy atom. The molecular formula is C14H32O6P2. The average Bonchev–Trinajstić information content (AvgIpc) is 2.48. The summed E-state index contributed by atoms with van der Waals surface area (Å²) in [6.07, 6.45) is 7.66. The first-order chi connectivity index (χ1) is 10.5. The van der Waals surface area contributed by atoms with Gasteiger partial charge in [0.05, 0.1) is 26.0 Å². The fourth-order valence-electron chi connectivity index (χ4n) is 1.84. The quantitative estimate of drug-likeness (QED) is 0.316. The molecule has 0 saturated heterocycles. The lowest BCUT2D eigenvalue weighted by Gasteiger charge is -2.18. The van der Waals surface area contributed by atoms with E-state index in [1.807, 2.05) is 6.92 Å². The number of hydrogen-bond donors (Lipinski definition) is 1. The lowest BCUT2D eigenvalue weighted by Crippen LogP contribution is -2.03. The van der Waals surface area contributed by atoms with E-state index in [-0.39, 0.29) is 0 Å². The van der Waals surface area contributed by atoms with Crippen LogP contribution < -0.4 is 0 Å². The van der Waals surface area contributed by atoms with Crippen LogP contribution in [0.15, 0.2) is 0 Å². The van der Waals surface area contributed by atoms with E-state index in [4.69, 9.17) is 13.9 Å². The molecule has 0 bridgehead atoms. The van der Waals surface area contributed by atoms with Gasteiger partial charge in [0.25, 0.3) is 0 Å². The smallest absolute Gasteiger partial charge is 0.326 e. The van der Waals surface area contributed by atoms with Crippen molar-refractivity contribution in [2.24, 2.45) is 0 Å². The van der Waals surface area contributed by atoms with Gasteiger partial charge in [0.2, 0.25) is 0 Å². The first kappa shape index (κ1) is 22.3. The molecule has 0 saturated carbocycles. The van der Waals surface area contributed by atoms with E-state index in [0.717, 1.165) is 51.4 Å². The van der Waals surface area contributed by atoms with Crippen LogP contribution in [0.2, 0.25) is 0 Å². The molecule has 0 amide bonds. The van der Waals surface area contributed by atoms with Crippen LogP contribution in [0.25, 0.3) is 0 Å². The first-order valence-electron chi connectivity index (χ1n) is 8.28. The maximum absolute atomic E-state index is 12.5. The van der Waals surface area contributed by atoms with E-state index in [1.54, 1.807) is 0 Å². The third kappa shape index (κ3) is 13.9. The van der Waals surface area contributed by atoms with E-state index in [2.05, 4.69) is 11.4 Å². The van der Waals surface area contributed by atoms with Crippen molar-refractivity contribution >= 4 is 15.9 Å². The third-order valence-corrected chi connectivity index (χ3v) is 5.55. The topological polar surface area (TPSA) is 82.1 Å². The van der Waals surface area contributed by atoms with Crippen LogP contribution in [-0.4, -0.2) is 30.9 Å². The van der Waals surface area contributed by atoms with Gasteiger partial charge in [-0.15, -0.1) is 0 Å². The summed E-state index contributed by atoms with van der Waals surface area (Å²) in [6.45, 7) is 5.35. The Labute approximate surface area is 135 Å². The molecule has 0 aromatic carbocycles. The Balaban J connectivity index is 3.78. The summed E-state index contributed by atoms with van der Waals surface area (Å²) < 4.78 is 38.4. The Hall–Kier alpha value is 0.300. The minimum Gasteiger partial charge on any atom is -0.326 e. The van der Waals surface area contributed by atoms with E-state index < -0.39 is 15.9 Å². The molecule has 2 unspecified atom stereocenters. The van der Waals surface area contributed by atoms with Crippen LogP contribution in [0.1, 0.15) is 65.2 Å². The Morgan fingerprint density at radius 2 is 1.50 bits per heavy atom. The summed E-state index contributed by atoms with van der Waals surface area (Å²) >= 11 is 0. The molecule has 0 radical (unpaired) electrons. The van der Waals surface area contributed by atoms with Crippen LogP contribution >= 0.6 is 15.9 Å². The molecule has 134 valence electrons. The Kier molecular flexibility index (Phi) is 15.1. The van der Waals surface area contributed by atoms with Crippen molar-refractivity contribution in [3.63, 3.8) is 0 Å². The number of hydrogen-bond acceptors (Lipinski definition) is 5. The third-order valence-electron chi connectivity index (χ3n) is 3.08. The summed E-state index contributed by atoms with van der Waals surface area (Å²) in [5.74, 6) is 0. The predicted octanol–water partition coefficient (Wildman–Crippen LogP) is 4.77. The monoisotopic (exact) mass is 358 g/mol. The van der Waals surface area contributed by atoms with E-state index in [1.165, 1.54) is 0 Å². The van der Waals surface area contributed by atoms with Gasteiger partial charge in [-0.3, -0.25) is 9.13 Å². The molecule has 0 aliphatic carbocycles. The second kappa shape index (κ2) is 14.9. The van der Waals surface area contributed by atoms with Gasteiger partial charge in [-0.25, -0.2) is 0 Å². The molecule has 0 heterocycles. The maximum Gasteiger partial charge on any atom is 0.330 e. The average molecular weight is 358 g/mol. The van der Waals surface area contributed by atoms with Gasteiger partial charge >= 0.3 is 15.9 Å². The van der Waals surface area contributed by atoms with Gasteiger partial charge in [0, 0.05) is 0 Å². The van der Waals surface area contributed by atoms with Crippen molar-refractivity contribution in [3.8, 4) is 0 Å². The number of unbranched alkanes of at least 4 members (excludes halogenated alkanes) is 5. The van der Waals surface area contributed by atoms with Crippen molar-refractivity contribution in [1.82, 2.24) is 0 Å². The second-order valence-corrected chi connectivity index (χ2v) is 8.24. The highest BCUT2D eigenvalue weighted by Crippen LogP contribution is 2.49. The molecule has 0 rings (SSSR count). The van der Waals surface area contributed by atoms with Gasteiger partial charge in [-0.05, 0) is 25.7 Å². The summed E-state index contributed by atoms with van der Waals surface area (Å²) in [5.41, 5.74) is 0. The Bertz CT molecular complexity index is 324. The summed E-state index contributed by atoms with van der Waals surface area (Å²) in [7, 11) is -5.73. The van der Waals surface area contributed by atoms with Crippen molar-refractivity contribution < 1.29 is 27.6 Å². The molecule has 2 atom stereocenters. The van der Waals surface area contributed by atoms with E-state index >= 15 is 0 Å². The fourth-order valence-corrected chi connectivity index (χ4v) is 3.97. The predicted molar refractivity (Wildman–Crippen MR) is 89.8 cm³/mol. The van der Waals surface area contributed by atoms with Crippen LogP contribution in [0.3, 0.4) is 0 Å². The molecule has 22 heavy (non-hydrogen) atoms. The van der Waals surface area contributed by atoms with Crippen molar-refractivity contribution in [1.29, 1.82) is 0 Å². The van der Waals surface area contributed by atoms with Crippen LogP contribution in [-0.2, 0) is 22.7 Å². The van der Waals surface area contributed by atoms with Gasteiger partial charge < -0.3 is 18.5 Å². The highest BCUT2D eigenvalue weighted by Gasteiger charge is 2.23. The van der Waals surface area contributed by atoms with Gasteiger partial charge in [-0.2, -0.15) is 0 Å². The number of rotatable bonds is 16. The van der Waals surface area contributed by atoms with Crippen LogP contribution in [0.5, 0.6) is 0 Å². The Morgan fingerprint density at radius 1 is 0.864 bits per heavy atom. The zero-order valence-electron chi connectivity index (χ0n) is 13.9. The molecule has 0 aliphatic rings.